The van der Waals surface area contributed by atoms with Crippen LogP contribution in [0.15, 0.2) is 36.0 Å². The fourth-order valence-electron chi connectivity index (χ4n) is 5.75. The van der Waals surface area contributed by atoms with E-state index in [9.17, 15) is 14.4 Å². The first-order chi connectivity index (χ1) is 20.9. The zero-order valence-electron chi connectivity index (χ0n) is 24.6. The van der Waals surface area contributed by atoms with Crippen LogP contribution in [0.3, 0.4) is 0 Å². The third kappa shape index (κ3) is 8.36. The highest BCUT2D eigenvalue weighted by Crippen LogP contribution is 2.23. The van der Waals surface area contributed by atoms with Gasteiger partial charge in [-0.15, -0.1) is 23.7 Å². The highest BCUT2D eigenvalue weighted by molar-refractivity contribution is 7.15. The molecule has 3 N–H and O–H groups in total. The van der Waals surface area contributed by atoms with Crippen LogP contribution >= 0.6 is 11.3 Å². The molecule has 0 saturated carbocycles. The van der Waals surface area contributed by atoms with Gasteiger partial charge in [-0.1, -0.05) is 6.07 Å². The van der Waals surface area contributed by atoms with Crippen molar-refractivity contribution in [2.24, 2.45) is 5.92 Å². The van der Waals surface area contributed by atoms with Gasteiger partial charge in [-0.2, -0.15) is 0 Å². The molecular formula is C32H40N6O4S. The Morgan fingerprint density at radius 3 is 3.02 bits per heavy atom. The van der Waals surface area contributed by atoms with Crippen molar-refractivity contribution in [2.75, 3.05) is 26.2 Å². The summed E-state index contributed by atoms with van der Waals surface area (Å²) in [4.78, 5) is 47.4. The average Bonchev–Trinajstić information content (AvgIpc) is 3.58. The van der Waals surface area contributed by atoms with E-state index in [4.69, 9.17) is 11.2 Å². The Balaban J connectivity index is 1.34. The number of aryl methyl sites for hydroxylation is 1. The number of amides is 3. The Labute approximate surface area is 256 Å². The Kier molecular flexibility index (Phi) is 10.3. The number of terminal acetylenes is 1. The Morgan fingerprint density at radius 2 is 2.19 bits per heavy atom. The molecule has 2 aliphatic heterocycles. The fraction of sp³-hybridized carbons (Fsp3) is 0.500. The first-order valence-electron chi connectivity index (χ1n) is 15.0. The predicted molar refractivity (Wildman–Crippen MR) is 166 cm³/mol. The lowest BCUT2D eigenvalue weighted by atomic mass is 9.94. The van der Waals surface area contributed by atoms with Crippen molar-refractivity contribution in [3.8, 4) is 18.1 Å². The number of piperidine rings is 1. The third-order valence-electron chi connectivity index (χ3n) is 8.19. The molecule has 0 aliphatic carbocycles. The fourth-order valence-corrected chi connectivity index (χ4v) is 6.47. The molecule has 1 unspecified atom stereocenters. The van der Waals surface area contributed by atoms with E-state index in [1.165, 1.54) is 11.3 Å². The maximum atomic E-state index is 13.7. The summed E-state index contributed by atoms with van der Waals surface area (Å²) >= 11 is 1.48. The standard InChI is InChI=1S/C32H40N6O4S/c1-3-4-7-25-19-33-18-24-15-27(9-8-22(24)2)42-13-10-23-6-5-11-37(20-23)30(40)17-28(31(41)34-25)36-29(39)16-26-21-38-12-14-43-32(38)35-26/h1,8-9,12,14-15,21,23,25,28,33H,4-7,10-11,13,16-20H2,2H3,(H,34,41)(H,36,39)/t23?,25-,28-/m0/s1. The lowest BCUT2D eigenvalue weighted by Gasteiger charge is -2.34. The molecule has 3 atom stereocenters. The van der Waals surface area contributed by atoms with E-state index in [1.807, 2.05) is 26.9 Å². The maximum absolute atomic E-state index is 13.7. The van der Waals surface area contributed by atoms with Gasteiger partial charge in [-0.05, 0) is 61.8 Å². The van der Waals surface area contributed by atoms with Crippen LogP contribution in [0.4, 0.5) is 0 Å². The van der Waals surface area contributed by atoms with Gasteiger partial charge < -0.3 is 25.6 Å². The molecule has 43 heavy (non-hydrogen) atoms. The topological polar surface area (TPSA) is 117 Å². The number of hydrogen-bond donors (Lipinski definition) is 3. The van der Waals surface area contributed by atoms with E-state index in [2.05, 4.69) is 45.9 Å². The van der Waals surface area contributed by atoms with Gasteiger partial charge in [0.15, 0.2) is 4.96 Å². The van der Waals surface area contributed by atoms with Crippen molar-refractivity contribution in [3.05, 3.63) is 52.8 Å². The van der Waals surface area contributed by atoms with E-state index in [0.717, 1.165) is 41.1 Å². The van der Waals surface area contributed by atoms with Gasteiger partial charge in [-0.3, -0.25) is 18.8 Å². The molecule has 1 saturated heterocycles. The van der Waals surface area contributed by atoms with E-state index < -0.39 is 11.9 Å². The number of benzene rings is 1. The first-order valence-corrected chi connectivity index (χ1v) is 15.9. The summed E-state index contributed by atoms with van der Waals surface area (Å²) in [6, 6.07) is 4.82. The summed E-state index contributed by atoms with van der Waals surface area (Å²) in [5.41, 5.74) is 2.88. The normalized spacial score (nSPS) is 22.1. The molecule has 0 radical (unpaired) electrons. The number of nitrogens with one attached hydrogen (secondary N) is 3. The van der Waals surface area contributed by atoms with Crippen LogP contribution in [0, 0.1) is 25.2 Å². The second-order valence-electron chi connectivity index (χ2n) is 11.5. The van der Waals surface area contributed by atoms with E-state index >= 15 is 0 Å². The SMILES string of the molecule is C#CCC[C@H]1CNCc2cc(ccc2C)OCCC2CCCN(C2)C(=O)C[C@H](NC(=O)Cc2cn3ccsc3n2)C(=O)N1. The minimum absolute atomic E-state index is 0.0126. The maximum Gasteiger partial charge on any atom is 0.243 e. The molecule has 2 aliphatic rings. The van der Waals surface area contributed by atoms with Crippen LogP contribution in [-0.2, 0) is 27.3 Å². The van der Waals surface area contributed by atoms with Crippen LogP contribution in [0.25, 0.3) is 4.96 Å². The first kappa shape index (κ1) is 30.6. The van der Waals surface area contributed by atoms with Gasteiger partial charge in [0.25, 0.3) is 0 Å². The van der Waals surface area contributed by atoms with Crippen LogP contribution in [-0.4, -0.2) is 70.3 Å². The molecule has 3 amide bonds. The average molecular weight is 605 g/mol. The zero-order chi connectivity index (χ0) is 30.2. The molecule has 1 fully saturated rings. The van der Waals surface area contributed by atoms with Crippen LogP contribution < -0.4 is 20.7 Å². The molecule has 1 aromatic carbocycles. The summed E-state index contributed by atoms with van der Waals surface area (Å²) in [7, 11) is 0. The van der Waals surface area contributed by atoms with Crippen LogP contribution in [0.5, 0.6) is 5.75 Å². The summed E-state index contributed by atoms with van der Waals surface area (Å²) in [5.74, 6) is 2.91. The van der Waals surface area contributed by atoms with Crippen molar-refractivity contribution >= 4 is 34.0 Å². The predicted octanol–water partition coefficient (Wildman–Crippen LogP) is 2.83. The van der Waals surface area contributed by atoms with Crippen molar-refractivity contribution in [1.82, 2.24) is 30.2 Å². The molecule has 5 rings (SSSR count). The van der Waals surface area contributed by atoms with Crippen LogP contribution in [0.1, 0.15) is 55.3 Å². The number of hydrogen-bond acceptors (Lipinski definition) is 7. The Hall–Kier alpha value is -3.88. The van der Waals surface area contributed by atoms with Crippen molar-refractivity contribution in [1.29, 1.82) is 0 Å². The van der Waals surface area contributed by atoms with Gasteiger partial charge in [0.05, 0.1) is 25.1 Å². The molecular weight excluding hydrogens is 564 g/mol. The number of rotatable bonds is 5. The molecule has 10 nitrogen and oxygen atoms in total. The molecule has 0 spiro atoms. The number of carbonyl (C=O) groups excluding carboxylic acids is 3. The lowest BCUT2D eigenvalue weighted by molar-refractivity contribution is -0.137. The van der Waals surface area contributed by atoms with Gasteiger partial charge in [0, 0.05) is 56.4 Å². The minimum Gasteiger partial charge on any atom is -0.494 e. The number of aromatic nitrogens is 2. The monoisotopic (exact) mass is 604 g/mol. The number of fused-ring (bicyclic) bond motifs is 5. The van der Waals surface area contributed by atoms with E-state index in [1.54, 1.807) is 6.20 Å². The Bertz CT molecular complexity index is 1450. The summed E-state index contributed by atoms with van der Waals surface area (Å²) in [6.45, 7) is 4.97. The largest absolute Gasteiger partial charge is 0.494 e. The summed E-state index contributed by atoms with van der Waals surface area (Å²) in [5, 5.41) is 11.3. The second-order valence-corrected chi connectivity index (χ2v) is 12.4. The van der Waals surface area contributed by atoms with E-state index in [-0.39, 0.29) is 30.7 Å². The van der Waals surface area contributed by atoms with Crippen LogP contribution in [0.2, 0.25) is 0 Å². The van der Waals surface area contributed by atoms with Crippen molar-refractivity contribution in [2.45, 2.75) is 70.5 Å². The molecule has 11 heteroatoms. The van der Waals surface area contributed by atoms with E-state index in [0.29, 0.717) is 57.2 Å². The Morgan fingerprint density at radius 1 is 1.30 bits per heavy atom. The highest BCUT2D eigenvalue weighted by atomic mass is 32.1. The lowest BCUT2D eigenvalue weighted by Crippen LogP contribution is -2.54. The van der Waals surface area contributed by atoms with Gasteiger partial charge in [0.2, 0.25) is 17.7 Å². The molecule has 4 bridgehead atoms. The van der Waals surface area contributed by atoms with Gasteiger partial charge in [0.1, 0.15) is 11.8 Å². The molecule has 228 valence electrons. The van der Waals surface area contributed by atoms with Crippen molar-refractivity contribution < 1.29 is 19.1 Å². The van der Waals surface area contributed by atoms with Gasteiger partial charge in [-0.25, -0.2) is 4.98 Å². The van der Waals surface area contributed by atoms with Gasteiger partial charge >= 0.3 is 0 Å². The number of carbonyl (C=O) groups is 3. The third-order valence-corrected chi connectivity index (χ3v) is 8.96. The molecule has 3 aromatic rings. The zero-order valence-corrected chi connectivity index (χ0v) is 25.5. The highest BCUT2D eigenvalue weighted by Gasteiger charge is 2.30. The summed E-state index contributed by atoms with van der Waals surface area (Å²) < 4.78 is 7.97. The minimum atomic E-state index is -1.02. The number of ether oxygens (including phenoxy) is 1. The second kappa shape index (κ2) is 14.5. The summed E-state index contributed by atoms with van der Waals surface area (Å²) in [6.07, 6.45) is 12.9. The number of imidazole rings is 1. The molecule has 4 heterocycles. The van der Waals surface area contributed by atoms with Crippen molar-refractivity contribution in [3.63, 3.8) is 0 Å². The smallest absolute Gasteiger partial charge is 0.243 e. The molecule has 2 aromatic heterocycles. The quantitative estimate of drug-likeness (QED) is 0.386. The number of thiazole rings is 1. The number of nitrogens with zero attached hydrogens (tertiary/aromatic N) is 3.